The minimum Gasteiger partial charge on any atom is -0.493 e. The number of benzene rings is 1. The van der Waals surface area contributed by atoms with E-state index in [1.165, 1.54) is 6.08 Å². The van der Waals surface area contributed by atoms with Crippen molar-refractivity contribution >= 4 is 12.4 Å². The maximum absolute atomic E-state index is 10.2. The van der Waals surface area contributed by atoms with Gasteiger partial charge in [0.15, 0.2) is 11.5 Å². The van der Waals surface area contributed by atoms with Crippen molar-refractivity contribution in [3.63, 3.8) is 0 Å². The summed E-state index contributed by atoms with van der Waals surface area (Å²) < 4.78 is 10.7. The third-order valence-corrected chi connectivity index (χ3v) is 2.02. The highest BCUT2D eigenvalue weighted by atomic mass is 16.5. The summed E-state index contributed by atoms with van der Waals surface area (Å²) in [5, 5.41) is 0. The van der Waals surface area contributed by atoms with Crippen LogP contribution in [0.25, 0.3) is 6.08 Å². The molecule has 1 rings (SSSR count). The van der Waals surface area contributed by atoms with E-state index in [1.807, 2.05) is 25.1 Å². The zero-order valence-electron chi connectivity index (χ0n) is 9.60. The van der Waals surface area contributed by atoms with Gasteiger partial charge in [-0.2, -0.15) is 0 Å². The van der Waals surface area contributed by atoms with E-state index in [-0.39, 0.29) is 0 Å². The lowest BCUT2D eigenvalue weighted by molar-refractivity contribution is -0.104. The number of ether oxygens (including phenoxy) is 2. The fourth-order valence-corrected chi connectivity index (χ4v) is 1.27. The first-order chi connectivity index (χ1) is 7.81. The number of carbonyl (C=O) groups is 1. The molecule has 0 heterocycles. The van der Waals surface area contributed by atoms with E-state index in [0.29, 0.717) is 18.1 Å². The van der Waals surface area contributed by atoms with Crippen LogP contribution in [-0.4, -0.2) is 20.0 Å². The average molecular weight is 220 g/mol. The molecule has 0 saturated heterocycles. The molecule has 86 valence electrons. The molecule has 0 aliphatic rings. The molecule has 1 aromatic rings. The highest BCUT2D eigenvalue weighted by Crippen LogP contribution is 2.28. The molecule has 0 bridgehead atoms. The van der Waals surface area contributed by atoms with Crippen LogP contribution in [0.1, 0.15) is 18.9 Å². The third-order valence-electron chi connectivity index (χ3n) is 2.02. The highest BCUT2D eigenvalue weighted by molar-refractivity contribution is 5.74. The van der Waals surface area contributed by atoms with Gasteiger partial charge < -0.3 is 9.47 Å². The average Bonchev–Trinajstić information content (AvgIpc) is 2.33. The lowest BCUT2D eigenvalue weighted by atomic mass is 10.2. The standard InChI is InChI=1S/C13H16O3/c1-3-9-16-13-10-11(5-4-8-14)6-7-12(13)15-2/h4-8,10H,3,9H2,1-2H3. The zero-order chi connectivity index (χ0) is 11.8. The second kappa shape index (κ2) is 6.67. The number of hydrogen-bond acceptors (Lipinski definition) is 3. The zero-order valence-corrected chi connectivity index (χ0v) is 9.60. The monoisotopic (exact) mass is 220 g/mol. The van der Waals surface area contributed by atoms with E-state index >= 15 is 0 Å². The fraction of sp³-hybridized carbons (Fsp3) is 0.308. The van der Waals surface area contributed by atoms with E-state index in [4.69, 9.17) is 9.47 Å². The lowest BCUT2D eigenvalue weighted by Crippen LogP contribution is -1.97. The number of rotatable bonds is 6. The van der Waals surface area contributed by atoms with E-state index in [0.717, 1.165) is 18.3 Å². The van der Waals surface area contributed by atoms with E-state index in [9.17, 15) is 4.79 Å². The maximum atomic E-state index is 10.2. The molecule has 1 aromatic carbocycles. The molecule has 0 radical (unpaired) electrons. The fourth-order valence-electron chi connectivity index (χ4n) is 1.27. The van der Waals surface area contributed by atoms with Gasteiger partial charge in [0.1, 0.15) is 6.29 Å². The normalized spacial score (nSPS) is 10.4. The van der Waals surface area contributed by atoms with Crippen LogP contribution in [0.15, 0.2) is 24.3 Å². The molecule has 0 spiro atoms. The molecule has 0 saturated carbocycles. The summed E-state index contributed by atoms with van der Waals surface area (Å²) in [6, 6.07) is 5.56. The van der Waals surface area contributed by atoms with Gasteiger partial charge in [-0.1, -0.05) is 19.1 Å². The van der Waals surface area contributed by atoms with E-state index in [1.54, 1.807) is 13.2 Å². The molecule has 3 nitrogen and oxygen atoms in total. The summed E-state index contributed by atoms with van der Waals surface area (Å²) >= 11 is 0. The Balaban J connectivity index is 2.91. The first-order valence-corrected chi connectivity index (χ1v) is 5.24. The van der Waals surface area contributed by atoms with Crippen molar-refractivity contribution in [2.75, 3.05) is 13.7 Å². The smallest absolute Gasteiger partial charge is 0.161 e. The van der Waals surface area contributed by atoms with Crippen LogP contribution in [0.5, 0.6) is 11.5 Å². The van der Waals surface area contributed by atoms with Crippen LogP contribution < -0.4 is 9.47 Å². The molecule has 0 aliphatic heterocycles. The van der Waals surface area contributed by atoms with Crippen molar-refractivity contribution in [2.24, 2.45) is 0 Å². The van der Waals surface area contributed by atoms with Crippen molar-refractivity contribution in [3.8, 4) is 11.5 Å². The number of hydrogen-bond donors (Lipinski definition) is 0. The number of allylic oxidation sites excluding steroid dienone is 1. The minimum atomic E-state index is 0.650. The summed E-state index contributed by atoms with van der Waals surface area (Å²) in [7, 11) is 1.61. The third kappa shape index (κ3) is 3.42. The molecule has 0 N–H and O–H groups in total. The molecule has 0 atom stereocenters. The van der Waals surface area contributed by atoms with Gasteiger partial charge in [0.2, 0.25) is 0 Å². The van der Waals surface area contributed by atoms with Crippen LogP contribution >= 0.6 is 0 Å². The maximum Gasteiger partial charge on any atom is 0.161 e. The molecule has 0 unspecified atom stereocenters. The predicted molar refractivity (Wildman–Crippen MR) is 63.9 cm³/mol. The number of aldehydes is 1. The van der Waals surface area contributed by atoms with Gasteiger partial charge in [-0.15, -0.1) is 0 Å². The molecule has 3 heteroatoms. The topological polar surface area (TPSA) is 35.5 Å². The first-order valence-electron chi connectivity index (χ1n) is 5.24. The summed E-state index contributed by atoms with van der Waals surface area (Å²) in [5.74, 6) is 1.41. The summed E-state index contributed by atoms with van der Waals surface area (Å²) in [6.45, 7) is 2.69. The second-order valence-electron chi connectivity index (χ2n) is 3.25. The van der Waals surface area contributed by atoms with Crippen molar-refractivity contribution in [1.82, 2.24) is 0 Å². The van der Waals surface area contributed by atoms with Crippen molar-refractivity contribution < 1.29 is 14.3 Å². The Kier molecular flexibility index (Phi) is 5.12. The van der Waals surface area contributed by atoms with Gasteiger partial charge in [0.05, 0.1) is 13.7 Å². The van der Waals surface area contributed by atoms with Crippen molar-refractivity contribution in [1.29, 1.82) is 0 Å². The molecule has 0 aliphatic carbocycles. The number of carbonyl (C=O) groups excluding carboxylic acids is 1. The highest BCUT2D eigenvalue weighted by Gasteiger charge is 2.03. The SMILES string of the molecule is CCCOc1cc(C=CC=O)ccc1OC. The van der Waals surface area contributed by atoms with Gasteiger partial charge >= 0.3 is 0 Å². The Hall–Kier alpha value is -1.77. The first kappa shape index (κ1) is 12.3. The Morgan fingerprint density at radius 1 is 1.31 bits per heavy atom. The predicted octanol–water partition coefficient (Wildman–Crippen LogP) is 2.70. The van der Waals surface area contributed by atoms with Crippen molar-refractivity contribution in [2.45, 2.75) is 13.3 Å². The molecule has 0 aromatic heterocycles. The van der Waals surface area contributed by atoms with Gasteiger partial charge in [0, 0.05) is 0 Å². The lowest BCUT2D eigenvalue weighted by Gasteiger charge is -2.10. The molecular formula is C13H16O3. The quantitative estimate of drug-likeness (QED) is 0.546. The van der Waals surface area contributed by atoms with Crippen LogP contribution in [0, 0.1) is 0 Å². The molecular weight excluding hydrogens is 204 g/mol. The van der Waals surface area contributed by atoms with Crippen LogP contribution in [0.3, 0.4) is 0 Å². The summed E-state index contributed by atoms with van der Waals surface area (Å²) in [5.41, 5.74) is 0.916. The minimum absolute atomic E-state index is 0.650. The van der Waals surface area contributed by atoms with Gasteiger partial charge in [-0.3, -0.25) is 4.79 Å². The molecule has 0 amide bonds. The number of methoxy groups -OCH3 is 1. The Morgan fingerprint density at radius 3 is 2.75 bits per heavy atom. The Bertz CT molecular complexity index is 369. The summed E-state index contributed by atoms with van der Waals surface area (Å²) in [6.07, 6.45) is 4.87. The molecule has 0 fully saturated rings. The van der Waals surface area contributed by atoms with E-state index < -0.39 is 0 Å². The van der Waals surface area contributed by atoms with Crippen LogP contribution in [0.4, 0.5) is 0 Å². The molecule has 16 heavy (non-hydrogen) atoms. The van der Waals surface area contributed by atoms with E-state index in [2.05, 4.69) is 0 Å². The van der Waals surface area contributed by atoms with Crippen molar-refractivity contribution in [3.05, 3.63) is 29.8 Å². The second-order valence-corrected chi connectivity index (χ2v) is 3.25. The largest absolute Gasteiger partial charge is 0.493 e. The van der Waals surface area contributed by atoms with Crippen LogP contribution in [-0.2, 0) is 4.79 Å². The van der Waals surface area contributed by atoms with Gasteiger partial charge in [-0.05, 0) is 30.2 Å². The van der Waals surface area contributed by atoms with Gasteiger partial charge in [0.25, 0.3) is 0 Å². The van der Waals surface area contributed by atoms with Crippen LogP contribution in [0.2, 0.25) is 0 Å². The summed E-state index contributed by atoms with van der Waals surface area (Å²) in [4.78, 5) is 10.2. The Labute approximate surface area is 95.7 Å². The van der Waals surface area contributed by atoms with Gasteiger partial charge in [-0.25, -0.2) is 0 Å². The Morgan fingerprint density at radius 2 is 2.12 bits per heavy atom.